The van der Waals surface area contributed by atoms with Crippen molar-refractivity contribution in [3.8, 4) is 6.07 Å². The number of pyridine rings is 1. The molecule has 3 aliphatic rings. The van der Waals surface area contributed by atoms with Crippen LogP contribution in [0.3, 0.4) is 0 Å². The van der Waals surface area contributed by atoms with E-state index in [9.17, 15) is 5.26 Å². The van der Waals surface area contributed by atoms with E-state index in [4.69, 9.17) is 9.72 Å². The molecule has 0 saturated carbocycles. The van der Waals surface area contributed by atoms with Gasteiger partial charge in [-0.25, -0.2) is 4.98 Å². The highest BCUT2D eigenvalue weighted by Gasteiger charge is 2.32. The molecule has 7 nitrogen and oxygen atoms in total. The zero-order chi connectivity index (χ0) is 24.6. The van der Waals surface area contributed by atoms with Crippen molar-refractivity contribution in [1.82, 2.24) is 10.3 Å². The molecule has 0 radical (unpaired) electrons. The molecule has 4 heterocycles. The highest BCUT2D eigenvalue weighted by atomic mass is 35.5. The first-order valence-electron chi connectivity index (χ1n) is 13.2. The summed E-state index contributed by atoms with van der Waals surface area (Å²) in [6.45, 7) is 11.1. The summed E-state index contributed by atoms with van der Waals surface area (Å²) in [6.07, 6.45) is 1.09. The van der Waals surface area contributed by atoms with Gasteiger partial charge in [-0.3, -0.25) is 0 Å². The maximum absolute atomic E-state index is 10.5. The number of morpholine rings is 1. The first kappa shape index (κ1) is 25.6. The minimum atomic E-state index is 0. The number of piperazine rings is 1. The van der Waals surface area contributed by atoms with Gasteiger partial charge in [-0.2, -0.15) is 5.26 Å². The molecule has 0 amide bonds. The molecule has 2 saturated heterocycles. The fraction of sp³-hybridized carbons (Fsp3) is 0.448. The van der Waals surface area contributed by atoms with Gasteiger partial charge in [0.1, 0.15) is 17.7 Å². The highest BCUT2D eigenvalue weighted by Crippen LogP contribution is 2.38. The molecule has 0 bridgehead atoms. The lowest BCUT2D eigenvalue weighted by Gasteiger charge is -2.40. The molecule has 1 N–H and O–H groups in total. The van der Waals surface area contributed by atoms with Crippen LogP contribution in [-0.2, 0) is 17.7 Å². The summed E-state index contributed by atoms with van der Waals surface area (Å²) in [5.41, 5.74) is 4.36. The Kier molecular flexibility index (Phi) is 7.43. The Morgan fingerprint density at radius 3 is 2.38 bits per heavy atom. The molecular formula is C29H35ClN6O. The average molecular weight is 519 g/mol. The number of rotatable bonds is 3. The lowest BCUT2D eigenvalue weighted by atomic mass is 9.94. The van der Waals surface area contributed by atoms with E-state index in [1.165, 1.54) is 22.0 Å². The second-order valence-corrected chi connectivity index (χ2v) is 10.3. The van der Waals surface area contributed by atoms with Gasteiger partial charge in [0.25, 0.3) is 0 Å². The minimum absolute atomic E-state index is 0. The number of anilines is 3. The second kappa shape index (κ2) is 10.7. The third-order valence-electron chi connectivity index (χ3n) is 7.71. The average Bonchev–Trinajstić information content (AvgIpc) is 2.91. The zero-order valence-electron chi connectivity index (χ0n) is 21.6. The van der Waals surface area contributed by atoms with Gasteiger partial charge in [-0.05, 0) is 37.3 Å². The largest absolute Gasteiger partial charge is 0.372 e. The molecule has 8 heteroatoms. The van der Waals surface area contributed by atoms with Crippen LogP contribution in [0.25, 0.3) is 10.8 Å². The van der Waals surface area contributed by atoms with Gasteiger partial charge in [-0.15, -0.1) is 12.4 Å². The van der Waals surface area contributed by atoms with Gasteiger partial charge in [0, 0.05) is 69.0 Å². The first-order valence-corrected chi connectivity index (χ1v) is 13.2. The van der Waals surface area contributed by atoms with Crippen LogP contribution in [0.2, 0.25) is 0 Å². The van der Waals surface area contributed by atoms with Crippen molar-refractivity contribution < 1.29 is 4.74 Å². The molecule has 37 heavy (non-hydrogen) atoms. The third kappa shape index (κ3) is 4.82. The topological polar surface area (TPSA) is 67.7 Å². The molecule has 3 aromatic rings. The number of nitriles is 1. The summed E-state index contributed by atoms with van der Waals surface area (Å²) < 4.78 is 6.01. The molecule has 1 aromatic heterocycles. The molecular weight excluding hydrogens is 484 g/mol. The molecule has 2 unspecified atom stereocenters. The highest BCUT2D eigenvalue weighted by molar-refractivity contribution is 5.94. The molecule has 2 aromatic carbocycles. The summed E-state index contributed by atoms with van der Waals surface area (Å²) in [7, 11) is 0. The number of nitrogens with one attached hydrogen (secondary N) is 1. The van der Waals surface area contributed by atoms with Crippen LogP contribution in [-0.4, -0.2) is 63.0 Å². The number of aromatic nitrogens is 1. The number of nitrogens with zero attached hydrogens (tertiary/aromatic N) is 5. The molecule has 2 atom stereocenters. The van der Waals surface area contributed by atoms with Crippen molar-refractivity contribution in [3.63, 3.8) is 0 Å². The van der Waals surface area contributed by atoms with Gasteiger partial charge in [-0.1, -0.05) is 36.4 Å². The zero-order valence-corrected chi connectivity index (χ0v) is 22.4. The van der Waals surface area contributed by atoms with Crippen molar-refractivity contribution in [2.75, 3.05) is 60.5 Å². The molecule has 194 valence electrons. The van der Waals surface area contributed by atoms with Crippen LogP contribution >= 0.6 is 12.4 Å². The fourth-order valence-electron chi connectivity index (χ4n) is 6.12. The van der Waals surface area contributed by atoms with Crippen molar-refractivity contribution >= 4 is 40.5 Å². The van der Waals surface area contributed by atoms with Crippen molar-refractivity contribution in [2.45, 2.75) is 39.0 Å². The minimum Gasteiger partial charge on any atom is -0.372 e. The van der Waals surface area contributed by atoms with E-state index >= 15 is 0 Å². The van der Waals surface area contributed by atoms with E-state index in [0.717, 1.165) is 81.5 Å². The Bertz CT molecular complexity index is 1300. The van der Waals surface area contributed by atoms with Crippen LogP contribution < -0.4 is 20.0 Å². The lowest BCUT2D eigenvalue weighted by Crippen LogP contribution is -2.47. The van der Waals surface area contributed by atoms with Crippen LogP contribution in [0.1, 0.15) is 30.5 Å². The molecule has 3 aliphatic heterocycles. The molecule has 6 rings (SSSR count). The predicted octanol–water partition coefficient (Wildman–Crippen LogP) is 4.11. The van der Waals surface area contributed by atoms with E-state index in [-0.39, 0.29) is 24.6 Å². The molecule has 2 fully saturated rings. The van der Waals surface area contributed by atoms with Crippen molar-refractivity contribution in [2.24, 2.45) is 0 Å². The fourth-order valence-corrected chi connectivity index (χ4v) is 6.12. The normalized spacial score (nSPS) is 21.8. The number of fused-ring (bicyclic) bond motifs is 2. The van der Waals surface area contributed by atoms with E-state index in [1.807, 2.05) is 0 Å². The van der Waals surface area contributed by atoms with E-state index in [2.05, 4.69) is 82.4 Å². The third-order valence-corrected chi connectivity index (χ3v) is 7.71. The number of ether oxygens (including phenoxy) is 1. The monoisotopic (exact) mass is 518 g/mol. The van der Waals surface area contributed by atoms with Gasteiger partial charge >= 0.3 is 0 Å². The summed E-state index contributed by atoms with van der Waals surface area (Å²) in [6, 6.07) is 17.7. The van der Waals surface area contributed by atoms with Crippen molar-refractivity contribution in [3.05, 3.63) is 59.2 Å². The number of hydrogen-bond acceptors (Lipinski definition) is 7. The van der Waals surface area contributed by atoms with Gasteiger partial charge in [0.05, 0.1) is 17.8 Å². The van der Waals surface area contributed by atoms with E-state index < -0.39 is 0 Å². The Morgan fingerprint density at radius 1 is 0.892 bits per heavy atom. The Balaban J connectivity index is 0.00000280. The summed E-state index contributed by atoms with van der Waals surface area (Å²) in [4.78, 5) is 12.4. The SMILES string of the molecule is CC1CN(c2nc(N3CCNCC3)c3c(c2C#N)CN(c2cccc4ccccc24)CC3)CC(C)O1.Cl. The van der Waals surface area contributed by atoms with Gasteiger partial charge in [0.2, 0.25) is 0 Å². The Hall–Kier alpha value is -3.05. The quantitative estimate of drug-likeness (QED) is 0.559. The van der Waals surface area contributed by atoms with E-state index in [0.29, 0.717) is 0 Å². The summed E-state index contributed by atoms with van der Waals surface area (Å²) >= 11 is 0. The number of benzene rings is 2. The maximum atomic E-state index is 10.5. The van der Waals surface area contributed by atoms with Crippen molar-refractivity contribution in [1.29, 1.82) is 5.26 Å². The molecule has 0 spiro atoms. The molecule has 0 aliphatic carbocycles. The van der Waals surface area contributed by atoms with Gasteiger partial charge < -0.3 is 24.8 Å². The summed E-state index contributed by atoms with van der Waals surface area (Å²) in [5, 5.41) is 16.4. The smallest absolute Gasteiger partial charge is 0.149 e. The van der Waals surface area contributed by atoms with Crippen LogP contribution in [0.4, 0.5) is 17.3 Å². The first-order chi connectivity index (χ1) is 17.6. The standard InChI is InChI=1S/C29H34N6O.ClH/c1-20-17-35(18-21(2)36-20)29-25(16-30)26-19-34(27-9-5-7-22-6-3-4-8-23(22)27)13-10-24(26)28(32-29)33-14-11-31-12-15-33;/h3-9,20-21,31H,10-15,17-19H2,1-2H3;1H. The van der Waals surface area contributed by atoms with Crippen LogP contribution in [0.5, 0.6) is 0 Å². The maximum Gasteiger partial charge on any atom is 0.149 e. The second-order valence-electron chi connectivity index (χ2n) is 10.3. The van der Waals surface area contributed by atoms with E-state index in [1.54, 1.807) is 0 Å². The van der Waals surface area contributed by atoms with Gasteiger partial charge in [0.15, 0.2) is 0 Å². The van der Waals surface area contributed by atoms with Crippen LogP contribution in [0.15, 0.2) is 42.5 Å². The number of hydrogen-bond donors (Lipinski definition) is 1. The summed E-state index contributed by atoms with van der Waals surface area (Å²) in [5.74, 6) is 1.90. The lowest BCUT2D eigenvalue weighted by molar-refractivity contribution is -0.00547. The van der Waals surface area contributed by atoms with Crippen LogP contribution in [0, 0.1) is 11.3 Å². The predicted molar refractivity (Wildman–Crippen MR) is 152 cm³/mol. The number of halogens is 1. The Labute approximate surface area is 225 Å². The Morgan fingerprint density at radius 2 is 1.62 bits per heavy atom.